The Morgan fingerprint density at radius 3 is 2.62 bits per heavy atom. The smallest absolute Gasteiger partial charge is 0.321 e. The Hall–Kier alpha value is -2.92. The fraction of sp³-hybridized carbons (Fsp3) is 0.143. The number of carbonyl (C=O) groups excluding carboxylic acids is 1. The molecule has 26 heavy (non-hydrogen) atoms. The van der Waals surface area contributed by atoms with Crippen molar-refractivity contribution in [1.82, 2.24) is 10.3 Å². The molecule has 0 radical (unpaired) electrons. The number of benzene rings is 3. The first-order valence-electron chi connectivity index (χ1n) is 8.50. The van der Waals surface area contributed by atoms with Crippen molar-refractivity contribution in [2.45, 2.75) is 20.4 Å². The van der Waals surface area contributed by atoms with Crippen LogP contribution in [0.4, 0.5) is 9.93 Å². The summed E-state index contributed by atoms with van der Waals surface area (Å²) in [5, 5.41) is 8.73. The summed E-state index contributed by atoms with van der Waals surface area (Å²) in [7, 11) is 0. The molecule has 5 heteroatoms. The molecular formula is C21H19N3OS. The van der Waals surface area contributed by atoms with Crippen LogP contribution in [0.5, 0.6) is 0 Å². The zero-order chi connectivity index (χ0) is 18.1. The summed E-state index contributed by atoms with van der Waals surface area (Å²) in [5.41, 5.74) is 4.34. The highest BCUT2D eigenvalue weighted by molar-refractivity contribution is 7.22. The normalized spacial score (nSPS) is 11.0. The zero-order valence-electron chi connectivity index (χ0n) is 14.7. The molecule has 1 heterocycles. The molecule has 2 N–H and O–H groups in total. The van der Waals surface area contributed by atoms with Gasteiger partial charge in [0.15, 0.2) is 5.13 Å². The molecule has 4 aromatic rings. The fourth-order valence-electron chi connectivity index (χ4n) is 3.08. The van der Waals surface area contributed by atoms with Gasteiger partial charge in [0.25, 0.3) is 0 Å². The third-order valence-corrected chi connectivity index (χ3v) is 5.59. The molecule has 0 unspecified atom stereocenters. The maximum Gasteiger partial charge on any atom is 0.321 e. The Morgan fingerprint density at radius 1 is 1.00 bits per heavy atom. The van der Waals surface area contributed by atoms with Gasteiger partial charge in [-0.1, -0.05) is 65.9 Å². The second kappa shape index (κ2) is 6.77. The predicted octanol–water partition coefficient (Wildman–Crippen LogP) is 5.39. The average Bonchev–Trinajstić information content (AvgIpc) is 3.08. The van der Waals surface area contributed by atoms with Crippen molar-refractivity contribution in [2.24, 2.45) is 0 Å². The highest BCUT2D eigenvalue weighted by atomic mass is 32.1. The number of hydrogen-bond donors (Lipinski definition) is 2. The monoisotopic (exact) mass is 361 g/mol. The first-order valence-corrected chi connectivity index (χ1v) is 9.32. The number of anilines is 1. The van der Waals surface area contributed by atoms with E-state index in [1.54, 1.807) is 0 Å². The number of urea groups is 1. The highest BCUT2D eigenvalue weighted by Crippen LogP contribution is 2.30. The maximum absolute atomic E-state index is 12.3. The van der Waals surface area contributed by atoms with Crippen LogP contribution in [0, 0.1) is 13.8 Å². The Morgan fingerprint density at radius 2 is 1.77 bits per heavy atom. The van der Waals surface area contributed by atoms with Gasteiger partial charge in [-0.15, -0.1) is 0 Å². The Bertz CT molecular complexity index is 1070. The molecule has 0 aliphatic carbocycles. The van der Waals surface area contributed by atoms with Gasteiger partial charge < -0.3 is 5.32 Å². The van der Waals surface area contributed by atoms with Crippen LogP contribution in [0.25, 0.3) is 21.0 Å². The molecule has 4 rings (SSSR count). The first-order chi connectivity index (χ1) is 12.6. The van der Waals surface area contributed by atoms with Crippen LogP contribution in [0.15, 0.2) is 54.6 Å². The van der Waals surface area contributed by atoms with E-state index < -0.39 is 0 Å². The lowest BCUT2D eigenvalue weighted by atomic mass is 10.0. The molecule has 0 spiro atoms. The summed E-state index contributed by atoms with van der Waals surface area (Å²) in [6, 6.07) is 18.2. The Labute approximate surface area is 155 Å². The van der Waals surface area contributed by atoms with Gasteiger partial charge in [0.2, 0.25) is 0 Å². The van der Waals surface area contributed by atoms with E-state index in [4.69, 9.17) is 0 Å². The van der Waals surface area contributed by atoms with Crippen LogP contribution in [-0.2, 0) is 6.54 Å². The van der Waals surface area contributed by atoms with Gasteiger partial charge in [-0.3, -0.25) is 5.32 Å². The largest absolute Gasteiger partial charge is 0.334 e. The summed E-state index contributed by atoms with van der Waals surface area (Å²) in [5.74, 6) is 0. The molecule has 3 aromatic carbocycles. The van der Waals surface area contributed by atoms with Crippen molar-refractivity contribution < 1.29 is 4.79 Å². The summed E-state index contributed by atoms with van der Waals surface area (Å²) in [6.45, 7) is 4.56. The number of rotatable bonds is 3. The third kappa shape index (κ3) is 3.13. The first kappa shape index (κ1) is 16.5. The Balaban J connectivity index is 1.49. The second-order valence-corrected chi connectivity index (χ2v) is 7.34. The number of carbonyl (C=O) groups is 1. The lowest BCUT2D eigenvalue weighted by Gasteiger charge is -2.08. The predicted molar refractivity (Wildman–Crippen MR) is 109 cm³/mol. The molecule has 0 atom stereocenters. The van der Waals surface area contributed by atoms with E-state index in [1.807, 2.05) is 31.2 Å². The van der Waals surface area contributed by atoms with Crippen LogP contribution < -0.4 is 10.6 Å². The average molecular weight is 361 g/mol. The second-order valence-electron chi connectivity index (χ2n) is 6.34. The standard InChI is InChI=1S/C21H19N3OS/c1-13-10-11-14(2)19-18(13)23-21(26-19)24-20(25)22-12-16-8-5-7-15-6-3-4-9-17(15)16/h3-11H,12H2,1-2H3,(H2,22,23,24,25). The molecule has 0 bridgehead atoms. The number of nitrogens with zero attached hydrogens (tertiary/aromatic N) is 1. The van der Waals surface area contributed by atoms with Crippen LogP contribution in [0.3, 0.4) is 0 Å². The van der Waals surface area contributed by atoms with Gasteiger partial charge in [0.1, 0.15) is 0 Å². The number of fused-ring (bicyclic) bond motifs is 2. The lowest BCUT2D eigenvalue weighted by Crippen LogP contribution is -2.28. The fourth-order valence-corrected chi connectivity index (χ4v) is 4.08. The van der Waals surface area contributed by atoms with E-state index in [-0.39, 0.29) is 6.03 Å². The number of thiazole rings is 1. The summed E-state index contributed by atoms with van der Waals surface area (Å²) in [4.78, 5) is 16.9. The van der Waals surface area contributed by atoms with Crippen LogP contribution in [0.1, 0.15) is 16.7 Å². The highest BCUT2D eigenvalue weighted by Gasteiger charge is 2.11. The molecule has 0 fully saturated rings. The zero-order valence-corrected chi connectivity index (χ0v) is 15.5. The van der Waals surface area contributed by atoms with E-state index in [2.05, 4.69) is 52.9 Å². The van der Waals surface area contributed by atoms with Gasteiger partial charge >= 0.3 is 6.03 Å². The van der Waals surface area contributed by atoms with Gasteiger partial charge in [0.05, 0.1) is 10.2 Å². The molecule has 0 saturated heterocycles. The molecule has 0 aliphatic rings. The number of aromatic nitrogens is 1. The van der Waals surface area contributed by atoms with Crippen molar-refractivity contribution in [3.05, 3.63) is 71.3 Å². The summed E-state index contributed by atoms with van der Waals surface area (Å²) in [6.07, 6.45) is 0. The van der Waals surface area contributed by atoms with Crippen molar-refractivity contribution in [3.8, 4) is 0 Å². The number of amides is 2. The van der Waals surface area contributed by atoms with E-state index in [1.165, 1.54) is 22.3 Å². The molecule has 2 amide bonds. The lowest BCUT2D eigenvalue weighted by molar-refractivity contribution is 0.252. The van der Waals surface area contributed by atoms with Crippen molar-refractivity contribution in [3.63, 3.8) is 0 Å². The van der Waals surface area contributed by atoms with E-state index >= 15 is 0 Å². The maximum atomic E-state index is 12.3. The van der Waals surface area contributed by atoms with E-state index in [9.17, 15) is 4.79 Å². The van der Waals surface area contributed by atoms with Crippen molar-refractivity contribution in [1.29, 1.82) is 0 Å². The summed E-state index contributed by atoms with van der Waals surface area (Å²) < 4.78 is 1.12. The van der Waals surface area contributed by atoms with Gasteiger partial charge in [-0.25, -0.2) is 9.78 Å². The van der Waals surface area contributed by atoms with E-state index in [0.29, 0.717) is 11.7 Å². The third-order valence-electron chi connectivity index (χ3n) is 4.48. The minimum Gasteiger partial charge on any atom is -0.334 e. The molecule has 0 saturated carbocycles. The van der Waals surface area contributed by atoms with Crippen LogP contribution >= 0.6 is 11.3 Å². The molecule has 0 aliphatic heterocycles. The van der Waals surface area contributed by atoms with Gasteiger partial charge in [0, 0.05) is 6.54 Å². The Kier molecular flexibility index (Phi) is 4.31. The van der Waals surface area contributed by atoms with Crippen molar-refractivity contribution in [2.75, 3.05) is 5.32 Å². The van der Waals surface area contributed by atoms with Crippen LogP contribution in [-0.4, -0.2) is 11.0 Å². The minimum absolute atomic E-state index is 0.243. The van der Waals surface area contributed by atoms with Crippen molar-refractivity contribution >= 4 is 43.5 Å². The van der Waals surface area contributed by atoms with E-state index in [0.717, 1.165) is 26.7 Å². The number of aryl methyl sites for hydroxylation is 2. The number of hydrogen-bond acceptors (Lipinski definition) is 3. The number of nitrogens with one attached hydrogen (secondary N) is 2. The molecular weight excluding hydrogens is 342 g/mol. The van der Waals surface area contributed by atoms with Gasteiger partial charge in [-0.05, 0) is 41.3 Å². The SMILES string of the molecule is Cc1ccc(C)c2sc(NC(=O)NCc3cccc4ccccc34)nc12. The molecule has 4 nitrogen and oxygen atoms in total. The molecule has 130 valence electrons. The topological polar surface area (TPSA) is 54.0 Å². The summed E-state index contributed by atoms with van der Waals surface area (Å²) >= 11 is 1.51. The minimum atomic E-state index is -0.243. The van der Waals surface area contributed by atoms with Gasteiger partial charge in [-0.2, -0.15) is 0 Å². The molecule has 1 aromatic heterocycles. The quantitative estimate of drug-likeness (QED) is 0.514. The van der Waals surface area contributed by atoms with Crippen LogP contribution in [0.2, 0.25) is 0 Å².